The summed E-state index contributed by atoms with van der Waals surface area (Å²) < 4.78 is 25.9. The van der Waals surface area contributed by atoms with E-state index in [0.29, 0.717) is 41.8 Å². The summed E-state index contributed by atoms with van der Waals surface area (Å²) in [6.45, 7) is 8.53. The van der Waals surface area contributed by atoms with Crippen molar-refractivity contribution in [1.29, 1.82) is 0 Å². The Hall–Kier alpha value is 0.440. The van der Waals surface area contributed by atoms with Gasteiger partial charge >= 0.3 is 0 Å². The van der Waals surface area contributed by atoms with Gasteiger partial charge in [-0.2, -0.15) is 0 Å². The Morgan fingerprint density at radius 3 is 1.67 bits per heavy atom. The topological polar surface area (TPSA) is 40.6 Å². The van der Waals surface area contributed by atoms with Crippen molar-refractivity contribution in [3.05, 3.63) is 22.0 Å². The zero-order valence-corrected chi connectivity index (χ0v) is 29.6. The van der Waals surface area contributed by atoms with E-state index in [1.54, 1.807) is 0 Å². The molecular formula is C27H38N2O2S8. The van der Waals surface area contributed by atoms with Crippen LogP contribution in [0.25, 0.3) is 0 Å². The van der Waals surface area contributed by atoms with Crippen molar-refractivity contribution >= 4 is 114 Å². The Morgan fingerprint density at radius 2 is 1.18 bits per heavy atom. The molecule has 4 aliphatic heterocycles. The number of hydrogen-bond acceptors (Lipinski definition) is 8. The van der Waals surface area contributed by atoms with Gasteiger partial charge in [0.25, 0.3) is 0 Å². The molecule has 0 radical (unpaired) electrons. The maximum atomic E-state index is 12.9. The van der Waals surface area contributed by atoms with Crippen LogP contribution >= 0.6 is 72.4 Å². The van der Waals surface area contributed by atoms with E-state index in [1.807, 2.05) is 23.5 Å². The molecule has 12 heteroatoms. The van der Waals surface area contributed by atoms with Gasteiger partial charge < -0.3 is 9.80 Å². The number of nitrogens with zero attached hydrogens (tertiary/aromatic N) is 2. The molecule has 0 spiro atoms. The van der Waals surface area contributed by atoms with E-state index in [0.717, 1.165) is 44.3 Å². The summed E-state index contributed by atoms with van der Waals surface area (Å²) in [5, 5.41) is 0. The Balaban J connectivity index is 1.24. The van der Waals surface area contributed by atoms with Crippen LogP contribution in [0.15, 0.2) is 22.0 Å². The Kier molecular flexibility index (Phi) is 11.1. The van der Waals surface area contributed by atoms with Crippen molar-refractivity contribution in [2.75, 3.05) is 34.5 Å². The number of rotatable bonds is 11. The van der Waals surface area contributed by atoms with Gasteiger partial charge in [-0.1, -0.05) is 48.9 Å². The van der Waals surface area contributed by atoms with Crippen molar-refractivity contribution in [2.45, 2.75) is 70.9 Å². The predicted molar refractivity (Wildman–Crippen MR) is 189 cm³/mol. The van der Waals surface area contributed by atoms with Gasteiger partial charge in [0, 0.05) is 67.5 Å². The van der Waals surface area contributed by atoms with Gasteiger partial charge in [0.15, 0.2) is 0 Å². The van der Waals surface area contributed by atoms with Gasteiger partial charge in [-0.15, -0.1) is 23.5 Å². The lowest BCUT2D eigenvalue weighted by Crippen LogP contribution is -2.54. The van der Waals surface area contributed by atoms with Gasteiger partial charge in [-0.25, -0.2) is 0 Å². The molecule has 4 heterocycles. The molecule has 0 aliphatic carbocycles. The molecular weight excluding hydrogens is 641 g/mol. The highest BCUT2D eigenvalue weighted by Crippen LogP contribution is 2.43. The summed E-state index contributed by atoms with van der Waals surface area (Å²) in [5.41, 5.74) is -0.618. The second-order valence-corrected chi connectivity index (χ2v) is 19.1. The van der Waals surface area contributed by atoms with Crippen molar-refractivity contribution in [2.24, 2.45) is 11.8 Å². The molecule has 0 amide bonds. The standard InChI is InChI=1S/C27H38N2O2S8/c1-26(2,28-22(32)16-20-18(24(28)34)6-5-10-36-20)8-12-38(30)14-15-39(31)13-9-27(3,4)29-23(33)17-21-19(25(29)35)7-11-37-21/h16-19H,5-15H2,1-4H3. The zero-order chi connectivity index (χ0) is 28.5. The molecule has 39 heavy (non-hydrogen) atoms. The van der Waals surface area contributed by atoms with Crippen molar-refractivity contribution in [3.63, 3.8) is 0 Å². The molecule has 4 aliphatic rings. The molecule has 0 bridgehead atoms. The minimum atomic E-state index is -1.05. The Labute approximate surface area is 269 Å². The Bertz CT molecular complexity index is 1160. The molecule has 2 fully saturated rings. The van der Waals surface area contributed by atoms with Crippen molar-refractivity contribution < 1.29 is 8.42 Å². The van der Waals surface area contributed by atoms with Crippen molar-refractivity contribution in [1.82, 2.24) is 9.80 Å². The van der Waals surface area contributed by atoms with Crippen LogP contribution in [-0.2, 0) is 21.6 Å². The van der Waals surface area contributed by atoms with Crippen LogP contribution in [0, 0.1) is 11.8 Å². The fourth-order valence-electron chi connectivity index (χ4n) is 5.47. The lowest BCUT2D eigenvalue weighted by molar-refractivity contribution is 0.298. The van der Waals surface area contributed by atoms with E-state index >= 15 is 0 Å². The van der Waals surface area contributed by atoms with Crippen LogP contribution in [0.1, 0.15) is 59.8 Å². The highest BCUT2D eigenvalue weighted by molar-refractivity contribution is 8.03. The van der Waals surface area contributed by atoms with Gasteiger partial charge in [0.1, 0.15) is 9.98 Å². The fourth-order valence-corrected chi connectivity index (χ4v) is 13.7. The minimum Gasteiger partial charge on any atom is -0.321 e. The van der Waals surface area contributed by atoms with Crippen molar-refractivity contribution in [3.8, 4) is 0 Å². The van der Waals surface area contributed by atoms with E-state index in [4.69, 9.17) is 48.9 Å². The highest BCUT2D eigenvalue weighted by Gasteiger charge is 2.41. The highest BCUT2D eigenvalue weighted by atomic mass is 32.2. The normalized spacial score (nSPS) is 25.7. The summed E-state index contributed by atoms with van der Waals surface area (Å²) in [6.07, 6.45) is 8.95. The number of thioether (sulfide) groups is 2. The molecule has 0 aromatic heterocycles. The summed E-state index contributed by atoms with van der Waals surface area (Å²) in [6, 6.07) is 0. The lowest BCUT2D eigenvalue weighted by Gasteiger charge is -2.46. The van der Waals surface area contributed by atoms with Gasteiger partial charge in [-0.3, -0.25) is 8.42 Å². The maximum absolute atomic E-state index is 12.9. The first kappa shape index (κ1) is 32.4. The number of fused-ring (bicyclic) bond motifs is 2. The second-order valence-electron chi connectivity index (χ2n) is 11.7. The number of hydrogen-bond donors (Lipinski definition) is 0. The summed E-state index contributed by atoms with van der Waals surface area (Å²) in [7, 11) is -2.11. The van der Waals surface area contributed by atoms with E-state index in [2.05, 4.69) is 49.6 Å². The molecule has 0 aromatic carbocycles. The van der Waals surface area contributed by atoms with Crippen LogP contribution < -0.4 is 0 Å². The van der Waals surface area contributed by atoms with Gasteiger partial charge in [0.05, 0.1) is 9.98 Å². The minimum absolute atomic E-state index is 0.283. The van der Waals surface area contributed by atoms with Crippen LogP contribution in [0.4, 0.5) is 0 Å². The third-order valence-electron chi connectivity index (χ3n) is 7.91. The monoisotopic (exact) mass is 678 g/mol. The lowest BCUT2D eigenvalue weighted by atomic mass is 9.92. The first-order valence-corrected chi connectivity index (χ1v) is 20.0. The first-order valence-electron chi connectivity index (χ1n) is 13.5. The molecule has 2 saturated heterocycles. The summed E-state index contributed by atoms with van der Waals surface area (Å²) in [5.74, 6) is 4.75. The molecule has 4 rings (SSSR count). The molecule has 0 aromatic rings. The van der Waals surface area contributed by atoms with E-state index in [9.17, 15) is 8.42 Å². The SMILES string of the molecule is CC(C)(CCS(=O)CCS(=O)CCC(C)(C)N1C(=S)C=C2SCCC2C1=S)N1C(=S)C=C2SCCCC2C1=S. The molecule has 0 N–H and O–H groups in total. The molecule has 4 unspecified atom stereocenters. The summed E-state index contributed by atoms with van der Waals surface area (Å²) >= 11 is 26.9. The quantitative estimate of drug-likeness (QED) is 0.229. The fraction of sp³-hybridized carbons (Fsp3) is 0.704. The van der Waals surface area contributed by atoms with Crippen LogP contribution in [-0.4, -0.2) is 83.8 Å². The molecule has 4 nitrogen and oxygen atoms in total. The molecule has 216 valence electrons. The predicted octanol–water partition coefficient (Wildman–Crippen LogP) is 6.43. The summed E-state index contributed by atoms with van der Waals surface area (Å²) in [4.78, 5) is 10.2. The Morgan fingerprint density at radius 1 is 0.744 bits per heavy atom. The van der Waals surface area contributed by atoms with E-state index in [1.165, 1.54) is 16.2 Å². The van der Waals surface area contributed by atoms with Crippen LogP contribution in [0.2, 0.25) is 0 Å². The largest absolute Gasteiger partial charge is 0.321 e. The third kappa shape index (κ3) is 7.51. The first-order chi connectivity index (χ1) is 18.3. The third-order valence-corrected chi connectivity index (χ3v) is 14.7. The van der Waals surface area contributed by atoms with Gasteiger partial charge in [0.2, 0.25) is 0 Å². The smallest absolute Gasteiger partial charge is 0.108 e. The maximum Gasteiger partial charge on any atom is 0.108 e. The van der Waals surface area contributed by atoms with Crippen LogP contribution in [0.3, 0.4) is 0 Å². The zero-order valence-electron chi connectivity index (χ0n) is 23.1. The van der Waals surface area contributed by atoms with E-state index < -0.39 is 21.6 Å². The van der Waals surface area contributed by atoms with E-state index in [-0.39, 0.29) is 17.0 Å². The molecule has 4 atom stereocenters. The average Bonchev–Trinajstić information content (AvgIpc) is 3.33. The van der Waals surface area contributed by atoms with Crippen LogP contribution in [0.5, 0.6) is 0 Å². The molecule has 0 saturated carbocycles. The number of thiocarbonyl (C=S) groups is 4. The second kappa shape index (κ2) is 13.4. The van der Waals surface area contributed by atoms with Gasteiger partial charge in [-0.05, 0) is 93.3 Å². The average molecular weight is 679 g/mol.